The molecular formula is C24H19Cl2N3O2. The van der Waals surface area contributed by atoms with Gasteiger partial charge in [0.25, 0.3) is 5.91 Å². The van der Waals surface area contributed by atoms with Crippen molar-refractivity contribution < 1.29 is 9.53 Å². The molecule has 1 aromatic heterocycles. The summed E-state index contributed by atoms with van der Waals surface area (Å²) in [7, 11) is 0. The fourth-order valence-electron chi connectivity index (χ4n) is 2.99. The summed E-state index contributed by atoms with van der Waals surface area (Å²) in [4.78, 5) is 12.5. The van der Waals surface area contributed by atoms with Crippen LogP contribution in [-0.4, -0.2) is 15.7 Å². The molecule has 0 unspecified atom stereocenters. The van der Waals surface area contributed by atoms with Crippen LogP contribution in [-0.2, 0) is 13.2 Å². The zero-order valence-electron chi connectivity index (χ0n) is 16.5. The zero-order valence-corrected chi connectivity index (χ0v) is 18.0. The minimum Gasteiger partial charge on any atom is -0.489 e. The summed E-state index contributed by atoms with van der Waals surface area (Å²) in [5.41, 5.74) is 3.17. The lowest BCUT2D eigenvalue weighted by Gasteiger charge is -2.07. The second kappa shape index (κ2) is 9.69. The van der Waals surface area contributed by atoms with Crippen molar-refractivity contribution in [3.8, 4) is 5.75 Å². The van der Waals surface area contributed by atoms with Crippen LogP contribution in [0.5, 0.6) is 5.75 Å². The molecule has 156 valence electrons. The molecule has 4 aromatic rings. The molecule has 31 heavy (non-hydrogen) atoms. The van der Waals surface area contributed by atoms with Gasteiger partial charge in [0.2, 0.25) is 0 Å². The Kier molecular flexibility index (Phi) is 6.55. The van der Waals surface area contributed by atoms with E-state index in [2.05, 4.69) is 10.4 Å². The summed E-state index contributed by atoms with van der Waals surface area (Å²) in [5, 5.41) is 8.51. The van der Waals surface area contributed by atoms with Gasteiger partial charge >= 0.3 is 0 Å². The average molecular weight is 452 g/mol. The van der Waals surface area contributed by atoms with Gasteiger partial charge in [0.05, 0.1) is 18.4 Å². The van der Waals surface area contributed by atoms with E-state index in [9.17, 15) is 4.79 Å². The molecule has 0 saturated carbocycles. The van der Waals surface area contributed by atoms with E-state index in [1.807, 2.05) is 48.5 Å². The van der Waals surface area contributed by atoms with Crippen molar-refractivity contribution >= 4 is 34.8 Å². The van der Waals surface area contributed by atoms with Gasteiger partial charge in [-0.25, -0.2) is 0 Å². The summed E-state index contributed by atoms with van der Waals surface area (Å²) in [6.07, 6.45) is 3.41. The number of benzene rings is 3. The Morgan fingerprint density at radius 1 is 0.935 bits per heavy atom. The van der Waals surface area contributed by atoms with Crippen molar-refractivity contribution in [2.75, 3.05) is 5.32 Å². The third-order valence-corrected chi connectivity index (χ3v) is 5.05. The van der Waals surface area contributed by atoms with Crippen LogP contribution < -0.4 is 10.1 Å². The largest absolute Gasteiger partial charge is 0.489 e. The molecule has 0 bridgehead atoms. The lowest BCUT2D eigenvalue weighted by Crippen LogP contribution is -2.11. The molecule has 0 atom stereocenters. The summed E-state index contributed by atoms with van der Waals surface area (Å²) < 4.78 is 7.47. The van der Waals surface area contributed by atoms with E-state index in [0.717, 1.165) is 16.9 Å². The Bertz CT molecular complexity index is 1170. The topological polar surface area (TPSA) is 56.2 Å². The first-order valence-electron chi connectivity index (χ1n) is 9.61. The number of amides is 1. The van der Waals surface area contributed by atoms with Crippen molar-refractivity contribution in [2.24, 2.45) is 0 Å². The maximum atomic E-state index is 12.5. The second-order valence-corrected chi connectivity index (χ2v) is 7.82. The van der Waals surface area contributed by atoms with Crippen molar-refractivity contribution in [1.29, 1.82) is 0 Å². The van der Waals surface area contributed by atoms with Crippen molar-refractivity contribution in [2.45, 2.75) is 13.2 Å². The first-order chi connectivity index (χ1) is 15.0. The summed E-state index contributed by atoms with van der Waals surface area (Å²) >= 11 is 11.9. The van der Waals surface area contributed by atoms with Crippen LogP contribution in [0.3, 0.4) is 0 Å². The monoisotopic (exact) mass is 451 g/mol. The van der Waals surface area contributed by atoms with E-state index >= 15 is 0 Å². The van der Waals surface area contributed by atoms with Gasteiger partial charge in [-0.3, -0.25) is 9.48 Å². The molecule has 0 radical (unpaired) electrons. The Labute approximate surface area is 190 Å². The highest BCUT2D eigenvalue weighted by Crippen LogP contribution is 2.18. The third-order valence-electron chi connectivity index (χ3n) is 4.56. The molecule has 0 fully saturated rings. The highest BCUT2D eigenvalue weighted by molar-refractivity contribution is 6.30. The van der Waals surface area contributed by atoms with E-state index in [1.54, 1.807) is 41.3 Å². The van der Waals surface area contributed by atoms with E-state index in [1.165, 1.54) is 0 Å². The molecule has 0 spiro atoms. The molecule has 1 N–H and O–H groups in total. The fraction of sp³-hybridized carbons (Fsp3) is 0.0833. The van der Waals surface area contributed by atoms with Gasteiger partial charge in [-0.2, -0.15) is 5.10 Å². The molecule has 1 amide bonds. The SMILES string of the molecule is O=C(Nc1cnn(Cc2cccc(Cl)c2)c1)c1ccc(COc2ccc(Cl)cc2)cc1. The normalized spacial score (nSPS) is 10.6. The lowest BCUT2D eigenvalue weighted by molar-refractivity contribution is 0.102. The molecule has 0 aliphatic carbocycles. The number of anilines is 1. The van der Waals surface area contributed by atoms with Gasteiger partial charge in [-0.05, 0) is 59.7 Å². The third kappa shape index (κ3) is 5.87. The zero-order chi connectivity index (χ0) is 21.6. The number of ether oxygens (including phenoxy) is 1. The van der Waals surface area contributed by atoms with Crippen LogP contribution in [0.2, 0.25) is 10.0 Å². The molecule has 7 heteroatoms. The molecule has 1 heterocycles. The van der Waals surface area contributed by atoms with Crippen LogP contribution in [0.25, 0.3) is 0 Å². The van der Waals surface area contributed by atoms with Gasteiger partial charge in [-0.1, -0.05) is 47.5 Å². The minimum atomic E-state index is -0.201. The van der Waals surface area contributed by atoms with Gasteiger partial charge in [-0.15, -0.1) is 0 Å². The first-order valence-corrected chi connectivity index (χ1v) is 10.4. The smallest absolute Gasteiger partial charge is 0.255 e. The summed E-state index contributed by atoms with van der Waals surface area (Å²) in [6.45, 7) is 0.971. The Morgan fingerprint density at radius 2 is 1.71 bits per heavy atom. The van der Waals surface area contributed by atoms with Crippen molar-refractivity contribution in [3.63, 3.8) is 0 Å². The van der Waals surface area contributed by atoms with Gasteiger partial charge < -0.3 is 10.1 Å². The molecular weight excluding hydrogens is 433 g/mol. The van der Waals surface area contributed by atoms with E-state index < -0.39 is 0 Å². The molecule has 3 aromatic carbocycles. The Hall–Kier alpha value is -3.28. The molecule has 5 nitrogen and oxygen atoms in total. The number of hydrogen-bond donors (Lipinski definition) is 1. The summed E-state index contributed by atoms with van der Waals surface area (Å²) in [5.74, 6) is 0.536. The number of nitrogens with zero attached hydrogens (tertiary/aromatic N) is 2. The number of halogens is 2. The molecule has 4 rings (SSSR count). The highest BCUT2D eigenvalue weighted by atomic mass is 35.5. The standard InChI is InChI=1S/C24H19Cl2N3O2/c25-20-8-10-23(11-9-20)31-16-17-4-6-19(7-5-17)24(30)28-22-13-27-29(15-22)14-18-2-1-3-21(26)12-18/h1-13,15H,14,16H2,(H,28,30). The summed E-state index contributed by atoms with van der Waals surface area (Å²) in [6, 6.07) is 22.1. The van der Waals surface area contributed by atoms with Crippen molar-refractivity contribution in [1.82, 2.24) is 9.78 Å². The average Bonchev–Trinajstić information content (AvgIpc) is 3.20. The number of aromatic nitrogens is 2. The maximum Gasteiger partial charge on any atom is 0.255 e. The van der Waals surface area contributed by atoms with Crippen LogP contribution >= 0.6 is 23.2 Å². The highest BCUT2D eigenvalue weighted by Gasteiger charge is 2.08. The van der Waals surface area contributed by atoms with Crippen LogP contribution in [0.1, 0.15) is 21.5 Å². The number of rotatable bonds is 7. The maximum absolute atomic E-state index is 12.5. The van der Waals surface area contributed by atoms with Crippen LogP contribution in [0.15, 0.2) is 85.2 Å². The van der Waals surface area contributed by atoms with Crippen LogP contribution in [0, 0.1) is 0 Å². The fourth-order valence-corrected chi connectivity index (χ4v) is 3.33. The quantitative estimate of drug-likeness (QED) is 0.370. The second-order valence-electron chi connectivity index (χ2n) is 6.95. The number of nitrogens with one attached hydrogen (secondary N) is 1. The predicted molar refractivity (Wildman–Crippen MR) is 123 cm³/mol. The van der Waals surface area contributed by atoms with E-state index in [0.29, 0.717) is 34.4 Å². The Balaban J connectivity index is 1.32. The van der Waals surface area contributed by atoms with E-state index in [-0.39, 0.29) is 5.91 Å². The van der Waals surface area contributed by atoms with Gasteiger partial charge in [0.15, 0.2) is 0 Å². The number of carbonyl (C=O) groups is 1. The van der Waals surface area contributed by atoms with Crippen molar-refractivity contribution in [3.05, 3.63) is 112 Å². The number of hydrogen-bond acceptors (Lipinski definition) is 3. The van der Waals surface area contributed by atoms with Crippen LogP contribution in [0.4, 0.5) is 5.69 Å². The van der Waals surface area contributed by atoms with E-state index in [4.69, 9.17) is 27.9 Å². The molecule has 0 aliphatic heterocycles. The minimum absolute atomic E-state index is 0.201. The lowest BCUT2D eigenvalue weighted by atomic mass is 10.1. The van der Waals surface area contributed by atoms with Gasteiger partial charge in [0.1, 0.15) is 12.4 Å². The Morgan fingerprint density at radius 3 is 2.45 bits per heavy atom. The molecule has 0 saturated heterocycles. The predicted octanol–water partition coefficient (Wildman–Crippen LogP) is 6.07. The molecule has 0 aliphatic rings. The first kappa shape index (κ1) is 21.0. The van der Waals surface area contributed by atoms with Gasteiger partial charge in [0, 0.05) is 21.8 Å². The number of carbonyl (C=O) groups excluding carboxylic acids is 1.